The Labute approximate surface area is 157 Å². The highest BCUT2D eigenvalue weighted by Gasteiger charge is 2.26. The van der Waals surface area contributed by atoms with Crippen LogP contribution in [-0.2, 0) is 13.5 Å². The summed E-state index contributed by atoms with van der Waals surface area (Å²) < 4.78 is 1.67. The van der Waals surface area contributed by atoms with Crippen LogP contribution in [0.3, 0.4) is 0 Å². The zero-order chi connectivity index (χ0) is 18.8. The first-order valence-corrected chi connectivity index (χ1v) is 9.22. The first-order chi connectivity index (χ1) is 13.1. The Morgan fingerprint density at radius 1 is 1.26 bits per heavy atom. The molecule has 140 valence electrons. The predicted molar refractivity (Wildman–Crippen MR) is 99.9 cm³/mol. The molecule has 0 aliphatic carbocycles. The first kappa shape index (κ1) is 17.4. The number of H-pyrrole nitrogens is 1. The molecule has 1 aliphatic rings. The van der Waals surface area contributed by atoms with Crippen LogP contribution in [-0.4, -0.2) is 53.8 Å². The number of amides is 1. The van der Waals surface area contributed by atoms with Crippen molar-refractivity contribution in [2.75, 3.05) is 13.1 Å². The van der Waals surface area contributed by atoms with Crippen LogP contribution in [0.25, 0.3) is 11.4 Å². The molecule has 0 radical (unpaired) electrons. The minimum absolute atomic E-state index is 0.0659. The largest absolute Gasteiger partial charge is 0.337 e. The summed E-state index contributed by atoms with van der Waals surface area (Å²) in [4.78, 5) is 23.2. The highest BCUT2D eigenvalue weighted by molar-refractivity contribution is 5.92. The first-order valence-electron chi connectivity index (χ1n) is 9.22. The lowest BCUT2D eigenvalue weighted by atomic mass is 9.93. The summed E-state index contributed by atoms with van der Waals surface area (Å²) in [5, 5.41) is 11.6. The molecule has 0 aromatic carbocycles. The fourth-order valence-corrected chi connectivity index (χ4v) is 3.60. The molecule has 8 heteroatoms. The average molecular weight is 365 g/mol. The number of nitrogens with zero attached hydrogens (tertiary/aromatic N) is 6. The summed E-state index contributed by atoms with van der Waals surface area (Å²) in [6.45, 7) is 3.43. The Morgan fingerprint density at radius 2 is 2.00 bits per heavy atom. The fraction of sp³-hybridized carbons (Fsp3) is 0.421. The van der Waals surface area contributed by atoms with E-state index in [4.69, 9.17) is 0 Å². The Morgan fingerprint density at radius 3 is 2.67 bits per heavy atom. The number of carbonyl (C=O) groups is 1. The van der Waals surface area contributed by atoms with Crippen LogP contribution in [0.4, 0.5) is 0 Å². The van der Waals surface area contributed by atoms with E-state index in [0.29, 0.717) is 17.4 Å². The second kappa shape index (κ2) is 7.30. The second-order valence-corrected chi connectivity index (χ2v) is 7.08. The zero-order valence-electron chi connectivity index (χ0n) is 15.6. The number of rotatable bonds is 4. The molecule has 0 spiro atoms. The van der Waals surface area contributed by atoms with Crippen LogP contribution >= 0.6 is 0 Å². The van der Waals surface area contributed by atoms with Gasteiger partial charge in [0.25, 0.3) is 5.91 Å². The summed E-state index contributed by atoms with van der Waals surface area (Å²) in [5.74, 6) is 2.16. The van der Waals surface area contributed by atoms with Gasteiger partial charge in [-0.15, -0.1) is 0 Å². The van der Waals surface area contributed by atoms with E-state index in [1.165, 1.54) is 0 Å². The lowest BCUT2D eigenvalue weighted by Gasteiger charge is -2.31. The van der Waals surface area contributed by atoms with Crippen LogP contribution in [0.1, 0.15) is 34.8 Å². The number of aryl methyl sites for hydroxylation is 2. The Kier molecular flexibility index (Phi) is 4.70. The predicted octanol–water partition coefficient (Wildman–Crippen LogP) is 2.00. The van der Waals surface area contributed by atoms with Gasteiger partial charge in [0.1, 0.15) is 11.5 Å². The molecule has 1 amide bonds. The van der Waals surface area contributed by atoms with E-state index in [0.717, 1.165) is 49.4 Å². The fourth-order valence-electron chi connectivity index (χ4n) is 3.60. The summed E-state index contributed by atoms with van der Waals surface area (Å²) in [7, 11) is 1.82. The molecule has 4 heterocycles. The molecule has 27 heavy (non-hydrogen) atoms. The van der Waals surface area contributed by atoms with Crippen LogP contribution in [0.2, 0.25) is 0 Å². The van der Waals surface area contributed by atoms with E-state index in [-0.39, 0.29) is 5.91 Å². The van der Waals surface area contributed by atoms with Crippen molar-refractivity contribution in [3.05, 3.63) is 47.8 Å². The number of nitrogens with one attached hydrogen (secondary N) is 1. The number of likely N-dealkylation sites (tertiary alicyclic amines) is 1. The van der Waals surface area contributed by atoms with Gasteiger partial charge in [0, 0.05) is 44.5 Å². The third kappa shape index (κ3) is 3.74. The number of carbonyl (C=O) groups excluding carboxylic acids is 1. The normalized spacial score (nSPS) is 15.3. The molecular weight excluding hydrogens is 342 g/mol. The number of pyridine rings is 1. The van der Waals surface area contributed by atoms with Crippen LogP contribution in [0.15, 0.2) is 30.6 Å². The molecule has 0 bridgehead atoms. The molecule has 1 fully saturated rings. The minimum Gasteiger partial charge on any atom is -0.337 e. The summed E-state index contributed by atoms with van der Waals surface area (Å²) in [5.41, 5.74) is 2.48. The maximum Gasteiger partial charge on any atom is 0.272 e. The molecule has 3 aromatic heterocycles. The molecule has 4 rings (SSSR count). The van der Waals surface area contributed by atoms with Gasteiger partial charge >= 0.3 is 0 Å². The van der Waals surface area contributed by atoms with Crippen molar-refractivity contribution in [3.63, 3.8) is 0 Å². The van der Waals surface area contributed by atoms with Crippen LogP contribution in [0, 0.1) is 12.8 Å². The molecule has 0 unspecified atom stereocenters. The van der Waals surface area contributed by atoms with Crippen LogP contribution in [0.5, 0.6) is 0 Å². The lowest BCUT2D eigenvalue weighted by Crippen LogP contribution is -2.39. The van der Waals surface area contributed by atoms with Gasteiger partial charge in [-0.3, -0.25) is 19.6 Å². The maximum atomic E-state index is 12.7. The third-order valence-corrected chi connectivity index (χ3v) is 5.08. The van der Waals surface area contributed by atoms with Gasteiger partial charge < -0.3 is 4.90 Å². The highest BCUT2D eigenvalue weighted by atomic mass is 16.2. The Bertz CT molecular complexity index is 923. The molecule has 1 N–H and O–H groups in total. The smallest absolute Gasteiger partial charge is 0.272 e. The van der Waals surface area contributed by atoms with E-state index in [2.05, 4.69) is 25.3 Å². The Hall–Kier alpha value is -3.03. The molecular formula is C19H23N7O. The maximum absolute atomic E-state index is 12.7. The topological polar surface area (TPSA) is 92.6 Å². The summed E-state index contributed by atoms with van der Waals surface area (Å²) in [6.07, 6.45) is 6.26. The lowest BCUT2D eigenvalue weighted by molar-refractivity contribution is 0.0678. The highest BCUT2D eigenvalue weighted by Crippen LogP contribution is 2.23. The molecule has 0 atom stereocenters. The van der Waals surface area contributed by atoms with Gasteiger partial charge in [-0.25, -0.2) is 4.98 Å². The van der Waals surface area contributed by atoms with Crippen molar-refractivity contribution < 1.29 is 4.79 Å². The van der Waals surface area contributed by atoms with Gasteiger partial charge in [-0.05, 0) is 43.9 Å². The van der Waals surface area contributed by atoms with Gasteiger partial charge in [0.2, 0.25) is 0 Å². The third-order valence-electron chi connectivity index (χ3n) is 5.08. The second-order valence-electron chi connectivity index (χ2n) is 7.08. The standard InChI is InChI=1S/C19H23N7O/c1-13-11-16(25(2)24-13)19(27)26-9-5-14(6-10-26)12-17-21-18(23-22-17)15-3-7-20-8-4-15/h3-4,7-8,11,14H,5-6,9-10,12H2,1-2H3,(H,21,22,23). The number of hydrogen-bond donors (Lipinski definition) is 1. The van der Waals surface area contributed by atoms with E-state index >= 15 is 0 Å². The van der Waals surface area contributed by atoms with Crippen molar-refractivity contribution in [1.29, 1.82) is 0 Å². The molecule has 1 aliphatic heterocycles. The minimum atomic E-state index is 0.0659. The van der Waals surface area contributed by atoms with Crippen molar-refractivity contribution in [1.82, 2.24) is 34.8 Å². The number of piperidine rings is 1. The quantitative estimate of drug-likeness (QED) is 0.763. The average Bonchev–Trinajstić information content (AvgIpc) is 3.28. The number of aromatic amines is 1. The van der Waals surface area contributed by atoms with E-state index in [9.17, 15) is 4.79 Å². The van der Waals surface area contributed by atoms with Crippen molar-refractivity contribution in [3.8, 4) is 11.4 Å². The van der Waals surface area contributed by atoms with Crippen molar-refractivity contribution >= 4 is 5.91 Å². The van der Waals surface area contributed by atoms with Gasteiger partial charge in [0.05, 0.1) is 5.69 Å². The summed E-state index contributed by atoms with van der Waals surface area (Å²) in [6, 6.07) is 5.65. The van der Waals surface area contributed by atoms with Crippen LogP contribution < -0.4 is 0 Å². The summed E-state index contributed by atoms with van der Waals surface area (Å²) >= 11 is 0. The zero-order valence-corrected chi connectivity index (χ0v) is 15.6. The molecule has 0 saturated carbocycles. The van der Waals surface area contributed by atoms with Gasteiger partial charge in [-0.2, -0.15) is 10.2 Å². The SMILES string of the molecule is Cc1cc(C(=O)N2CCC(Cc3nc(-c4ccncc4)n[nH]3)CC2)n(C)n1. The monoisotopic (exact) mass is 365 g/mol. The molecule has 8 nitrogen and oxygen atoms in total. The number of hydrogen-bond acceptors (Lipinski definition) is 5. The van der Waals surface area contributed by atoms with E-state index in [1.807, 2.05) is 37.1 Å². The van der Waals surface area contributed by atoms with E-state index < -0.39 is 0 Å². The van der Waals surface area contributed by atoms with Gasteiger partial charge in [0.15, 0.2) is 5.82 Å². The van der Waals surface area contributed by atoms with Crippen molar-refractivity contribution in [2.45, 2.75) is 26.2 Å². The van der Waals surface area contributed by atoms with Crippen molar-refractivity contribution in [2.24, 2.45) is 13.0 Å². The van der Waals surface area contributed by atoms with E-state index in [1.54, 1.807) is 17.1 Å². The molecule has 1 saturated heterocycles. The number of aromatic nitrogens is 6. The van der Waals surface area contributed by atoms with Gasteiger partial charge in [-0.1, -0.05) is 0 Å². The Balaban J connectivity index is 1.34. The molecule has 3 aromatic rings.